The lowest BCUT2D eigenvalue weighted by Crippen LogP contribution is -2.35. The monoisotopic (exact) mass is 169 g/mol. The minimum atomic E-state index is 0.224. The van der Waals surface area contributed by atoms with Crippen LogP contribution in [-0.2, 0) is 0 Å². The highest BCUT2D eigenvalue weighted by Crippen LogP contribution is 2.33. The molecule has 12 heavy (non-hydrogen) atoms. The molecule has 0 unspecified atom stereocenters. The van der Waals surface area contributed by atoms with E-state index in [0.717, 1.165) is 13.1 Å². The average Bonchev–Trinajstić information content (AvgIpc) is 2.30. The largest absolute Gasteiger partial charge is 0.370 e. The first-order chi connectivity index (χ1) is 5.41. The number of hydrogen-bond acceptors (Lipinski definition) is 1. The molecule has 0 aromatic rings. The van der Waals surface area contributed by atoms with Crippen LogP contribution in [0.5, 0.6) is 0 Å². The highest BCUT2D eigenvalue weighted by molar-refractivity contribution is 5.74. The van der Waals surface area contributed by atoms with Crippen molar-refractivity contribution >= 4 is 5.96 Å². The molecule has 1 aliphatic rings. The van der Waals surface area contributed by atoms with Crippen LogP contribution in [0.1, 0.15) is 27.2 Å². The van der Waals surface area contributed by atoms with Crippen LogP contribution in [0.3, 0.4) is 0 Å². The van der Waals surface area contributed by atoms with Crippen molar-refractivity contribution in [1.82, 2.24) is 4.90 Å². The van der Waals surface area contributed by atoms with E-state index < -0.39 is 0 Å². The van der Waals surface area contributed by atoms with Crippen molar-refractivity contribution < 1.29 is 0 Å². The molecule has 3 heteroatoms. The van der Waals surface area contributed by atoms with E-state index in [4.69, 9.17) is 11.1 Å². The van der Waals surface area contributed by atoms with E-state index in [1.165, 1.54) is 6.42 Å². The van der Waals surface area contributed by atoms with Crippen LogP contribution in [0, 0.1) is 16.7 Å². The van der Waals surface area contributed by atoms with E-state index in [9.17, 15) is 0 Å². The zero-order chi connectivity index (χ0) is 9.35. The third kappa shape index (κ3) is 1.90. The molecule has 1 saturated heterocycles. The number of nitrogens with zero attached hydrogens (tertiary/aromatic N) is 1. The minimum absolute atomic E-state index is 0.224. The maximum atomic E-state index is 7.29. The fraction of sp³-hybridized carbons (Fsp3) is 0.889. The maximum absolute atomic E-state index is 7.29. The SMILES string of the molecule is CC(C)(C)[C@H]1CCN(C(=N)N)C1. The van der Waals surface area contributed by atoms with Crippen LogP contribution < -0.4 is 5.73 Å². The molecule has 1 atom stereocenters. The van der Waals surface area contributed by atoms with Gasteiger partial charge in [0.1, 0.15) is 0 Å². The molecule has 0 bridgehead atoms. The summed E-state index contributed by atoms with van der Waals surface area (Å²) >= 11 is 0. The van der Waals surface area contributed by atoms with Gasteiger partial charge in [0.25, 0.3) is 0 Å². The third-order valence-corrected chi connectivity index (χ3v) is 2.75. The zero-order valence-electron chi connectivity index (χ0n) is 8.22. The van der Waals surface area contributed by atoms with Gasteiger partial charge in [-0.25, -0.2) is 0 Å². The van der Waals surface area contributed by atoms with Gasteiger partial charge in [-0.1, -0.05) is 20.8 Å². The molecule has 1 aliphatic heterocycles. The first-order valence-electron chi connectivity index (χ1n) is 4.50. The van der Waals surface area contributed by atoms with Gasteiger partial charge in [0, 0.05) is 13.1 Å². The fourth-order valence-electron chi connectivity index (χ4n) is 1.69. The zero-order valence-corrected chi connectivity index (χ0v) is 8.22. The Morgan fingerprint density at radius 1 is 1.50 bits per heavy atom. The van der Waals surface area contributed by atoms with E-state index >= 15 is 0 Å². The predicted octanol–water partition coefficient (Wildman–Crippen LogP) is 1.25. The smallest absolute Gasteiger partial charge is 0.188 e. The second kappa shape index (κ2) is 2.96. The second-order valence-electron chi connectivity index (χ2n) is 4.68. The van der Waals surface area contributed by atoms with Crippen LogP contribution in [0.15, 0.2) is 0 Å². The van der Waals surface area contributed by atoms with E-state index in [-0.39, 0.29) is 5.96 Å². The fourth-order valence-corrected chi connectivity index (χ4v) is 1.69. The van der Waals surface area contributed by atoms with Crippen molar-refractivity contribution in [2.75, 3.05) is 13.1 Å². The summed E-state index contributed by atoms with van der Waals surface area (Å²) in [6.07, 6.45) is 1.17. The highest BCUT2D eigenvalue weighted by atomic mass is 15.2. The van der Waals surface area contributed by atoms with Crippen molar-refractivity contribution in [2.45, 2.75) is 27.2 Å². The third-order valence-electron chi connectivity index (χ3n) is 2.75. The van der Waals surface area contributed by atoms with Gasteiger partial charge in [-0.15, -0.1) is 0 Å². The van der Waals surface area contributed by atoms with Gasteiger partial charge in [0.2, 0.25) is 0 Å². The minimum Gasteiger partial charge on any atom is -0.370 e. The molecule has 3 nitrogen and oxygen atoms in total. The van der Waals surface area contributed by atoms with Crippen LogP contribution in [0.2, 0.25) is 0 Å². The Kier molecular flexibility index (Phi) is 2.31. The van der Waals surface area contributed by atoms with E-state index in [1.54, 1.807) is 0 Å². The number of nitrogens with two attached hydrogens (primary N) is 1. The van der Waals surface area contributed by atoms with Gasteiger partial charge < -0.3 is 10.6 Å². The van der Waals surface area contributed by atoms with E-state index in [2.05, 4.69) is 20.8 Å². The molecule has 0 amide bonds. The van der Waals surface area contributed by atoms with Gasteiger partial charge in [0.15, 0.2) is 5.96 Å². The molecule has 0 spiro atoms. The van der Waals surface area contributed by atoms with Gasteiger partial charge >= 0.3 is 0 Å². The summed E-state index contributed by atoms with van der Waals surface area (Å²) < 4.78 is 0. The lowest BCUT2D eigenvalue weighted by Gasteiger charge is -2.26. The number of guanidine groups is 1. The molecular weight excluding hydrogens is 150 g/mol. The van der Waals surface area contributed by atoms with E-state index in [1.807, 2.05) is 4.90 Å². The summed E-state index contributed by atoms with van der Waals surface area (Å²) in [5.41, 5.74) is 5.76. The lowest BCUT2D eigenvalue weighted by molar-refractivity contribution is 0.250. The van der Waals surface area contributed by atoms with Crippen LogP contribution in [0.4, 0.5) is 0 Å². The molecular formula is C9H19N3. The Balaban J connectivity index is 2.51. The molecule has 0 aromatic carbocycles. The van der Waals surface area contributed by atoms with Crippen molar-refractivity contribution in [3.63, 3.8) is 0 Å². The Hall–Kier alpha value is -0.730. The van der Waals surface area contributed by atoms with Crippen molar-refractivity contribution in [3.05, 3.63) is 0 Å². The Bertz CT molecular complexity index is 181. The number of nitrogens with one attached hydrogen (secondary N) is 1. The predicted molar refractivity (Wildman–Crippen MR) is 51.0 cm³/mol. The van der Waals surface area contributed by atoms with E-state index in [0.29, 0.717) is 11.3 Å². The summed E-state index contributed by atoms with van der Waals surface area (Å²) in [7, 11) is 0. The van der Waals surface area contributed by atoms with Gasteiger partial charge in [0.05, 0.1) is 0 Å². The standard InChI is InChI=1S/C9H19N3/c1-9(2,3)7-4-5-12(6-7)8(10)11/h7H,4-6H2,1-3H3,(H3,10,11)/t7-/m0/s1. The molecule has 3 N–H and O–H groups in total. The van der Waals surface area contributed by atoms with Gasteiger partial charge in [-0.2, -0.15) is 0 Å². The highest BCUT2D eigenvalue weighted by Gasteiger charge is 2.31. The molecule has 1 heterocycles. The van der Waals surface area contributed by atoms with Crippen LogP contribution >= 0.6 is 0 Å². The number of hydrogen-bond donors (Lipinski definition) is 2. The first-order valence-corrected chi connectivity index (χ1v) is 4.50. The van der Waals surface area contributed by atoms with Gasteiger partial charge in [-0.05, 0) is 17.8 Å². The summed E-state index contributed by atoms with van der Waals surface area (Å²) in [6.45, 7) is 8.67. The number of rotatable bonds is 0. The summed E-state index contributed by atoms with van der Waals surface area (Å²) in [6, 6.07) is 0. The molecule has 1 rings (SSSR count). The van der Waals surface area contributed by atoms with Crippen molar-refractivity contribution in [2.24, 2.45) is 17.1 Å². The molecule has 0 saturated carbocycles. The Morgan fingerprint density at radius 2 is 2.08 bits per heavy atom. The first kappa shape index (κ1) is 9.36. The summed E-state index contributed by atoms with van der Waals surface area (Å²) in [5, 5.41) is 7.29. The summed E-state index contributed by atoms with van der Waals surface area (Å²) in [4.78, 5) is 1.95. The number of likely N-dealkylation sites (tertiary alicyclic amines) is 1. The topological polar surface area (TPSA) is 53.1 Å². The molecule has 0 aliphatic carbocycles. The molecule has 0 radical (unpaired) electrons. The molecule has 0 aromatic heterocycles. The van der Waals surface area contributed by atoms with Crippen LogP contribution in [-0.4, -0.2) is 23.9 Å². The average molecular weight is 169 g/mol. The van der Waals surface area contributed by atoms with Gasteiger partial charge in [-0.3, -0.25) is 5.41 Å². The normalized spacial score (nSPS) is 24.6. The molecule has 1 fully saturated rings. The van der Waals surface area contributed by atoms with Crippen molar-refractivity contribution in [3.8, 4) is 0 Å². The van der Waals surface area contributed by atoms with Crippen molar-refractivity contribution in [1.29, 1.82) is 5.41 Å². The lowest BCUT2D eigenvalue weighted by atomic mass is 9.80. The second-order valence-corrected chi connectivity index (χ2v) is 4.68. The molecule has 70 valence electrons. The Morgan fingerprint density at radius 3 is 2.33 bits per heavy atom. The summed E-state index contributed by atoms with van der Waals surface area (Å²) in [5.74, 6) is 0.906. The Labute approximate surface area is 74.4 Å². The van der Waals surface area contributed by atoms with Crippen LogP contribution in [0.25, 0.3) is 0 Å². The quantitative estimate of drug-likeness (QED) is 0.423. The maximum Gasteiger partial charge on any atom is 0.188 e.